The average molecular weight is 342 g/mol. The molecule has 1 aromatic carbocycles. The topological polar surface area (TPSA) is 49.8 Å². The van der Waals surface area contributed by atoms with Crippen LogP contribution in [-0.4, -0.2) is 40.9 Å². The molecule has 1 aromatic rings. The number of amides is 1. The highest BCUT2D eigenvalue weighted by Crippen LogP contribution is 2.29. The maximum Gasteiger partial charge on any atom is 0.253 e. The number of aromatic hydroxyl groups is 1. The van der Waals surface area contributed by atoms with E-state index in [-0.39, 0.29) is 11.7 Å². The van der Waals surface area contributed by atoms with E-state index in [0.29, 0.717) is 22.1 Å². The summed E-state index contributed by atoms with van der Waals surface area (Å²) in [7, 11) is 1.49. The maximum atomic E-state index is 12.4. The van der Waals surface area contributed by atoms with Gasteiger partial charge >= 0.3 is 0 Å². The number of rotatable bonds is 3. The number of benzene rings is 1. The smallest absolute Gasteiger partial charge is 0.253 e. The molecule has 4 nitrogen and oxygen atoms in total. The SMILES string of the molecule is COc1ccc(C(=O)N2CCC(C(C)Br)CC2)cc1O. The molecule has 0 spiro atoms. The summed E-state index contributed by atoms with van der Waals surface area (Å²) in [6.45, 7) is 3.70. The minimum absolute atomic E-state index is 0.00214. The van der Waals surface area contributed by atoms with Crippen molar-refractivity contribution in [3.05, 3.63) is 23.8 Å². The fourth-order valence-corrected chi connectivity index (χ4v) is 3.10. The molecular formula is C15H20BrNO3. The van der Waals surface area contributed by atoms with Gasteiger partial charge in [0.1, 0.15) is 0 Å². The Balaban J connectivity index is 2.04. The molecule has 0 saturated carbocycles. The van der Waals surface area contributed by atoms with Crippen LogP contribution < -0.4 is 4.74 Å². The minimum Gasteiger partial charge on any atom is -0.504 e. The standard InChI is InChI=1S/C15H20BrNO3/c1-10(16)11-5-7-17(8-6-11)15(19)12-3-4-14(20-2)13(18)9-12/h3-4,9-11,18H,5-8H2,1-2H3. The van der Waals surface area contributed by atoms with Crippen molar-refractivity contribution < 1.29 is 14.6 Å². The van der Waals surface area contributed by atoms with Gasteiger partial charge in [-0.15, -0.1) is 0 Å². The van der Waals surface area contributed by atoms with Gasteiger partial charge < -0.3 is 14.7 Å². The zero-order chi connectivity index (χ0) is 14.7. The lowest BCUT2D eigenvalue weighted by Crippen LogP contribution is -2.39. The Morgan fingerprint density at radius 2 is 2.10 bits per heavy atom. The molecule has 5 heteroatoms. The zero-order valence-electron chi connectivity index (χ0n) is 11.8. The van der Waals surface area contributed by atoms with Crippen molar-refractivity contribution in [2.45, 2.75) is 24.6 Å². The highest BCUT2D eigenvalue weighted by atomic mass is 79.9. The van der Waals surface area contributed by atoms with Crippen LogP contribution in [-0.2, 0) is 0 Å². The summed E-state index contributed by atoms with van der Waals surface area (Å²) in [6.07, 6.45) is 2.03. The van der Waals surface area contributed by atoms with Crippen molar-refractivity contribution >= 4 is 21.8 Å². The molecule has 1 aliphatic heterocycles. The molecule has 1 N–H and O–H groups in total. The van der Waals surface area contributed by atoms with Crippen LogP contribution in [0.15, 0.2) is 18.2 Å². The molecule has 0 bridgehead atoms. The fourth-order valence-electron chi connectivity index (χ4n) is 2.57. The molecule has 1 saturated heterocycles. The van der Waals surface area contributed by atoms with Crippen LogP contribution in [0, 0.1) is 5.92 Å². The molecule has 1 amide bonds. The predicted octanol–water partition coefficient (Wildman–Crippen LogP) is 3.04. The number of halogens is 1. The number of nitrogens with zero attached hydrogens (tertiary/aromatic N) is 1. The summed E-state index contributed by atoms with van der Waals surface area (Å²) in [5.74, 6) is 0.989. The van der Waals surface area contributed by atoms with E-state index >= 15 is 0 Å². The summed E-state index contributed by atoms with van der Waals surface area (Å²) in [4.78, 5) is 14.7. The third-order valence-electron chi connectivity index (χ3n) is 3.90. The summed E-state index contributed by atoms with van der Waals surface area (Å²) < 4.78 is 4.99. The van der Waals surface area contributed by atoms with Crippen molar-refractivity contribution in [3.8, 4) is 11.5 Å². The van der Waals surface area contributed by atoms with Crippen LogP contribution in [0.1, 0.15) is 30.1 Å². The summed E-state index contributed by atoms with van der Waals surface area (Å²) in [5.41, 5.74) is 0.508. The van der Waals surface area contributed by atoms with E-state index in [1.54, 1.807) is 12.1 Å². The van der Waals surface area contributed by atoms with Crippen LogP contribution in [0.3, 0.4) is 0 Å². The zero-order valence-corrected chi connectivity index (χ0v) is 13.4. The summed E-state index contributed by atoms with van der Waals surface area (Å²) in [6, 6.07) is 4.79. The molecule has 1 heterocycles. The Bertz CT molecular complexity index is 482. The van der Waals surface area contributed by atoms with E-state index in [4.69, 9.17) is 4.74 Å². The molecular weight excluding hydrogens is 322 g/mol. The van der Waals surface area contributed by atoms with Crippen LogP contribution in [0.5, 0.6) is 11.5 Å². The third-order valence-corrected chi connectivity index (χ3v) is 4.65. The minimum atomic E-state index is -0.0244. The van der Waals surface area contributed by atoms with Crippen molar-refractivity contribution in [3.63, 3.8) is 0 Å². The van der Waals surface area contributed by atoms with Gasteiger partial charge in [0.25, 0.3) is 5.91 Å². The Kier molecular flexibility index (Phi) is 4.91. The van der Waals surface area contributed by atoms with Crippen LogP contribution in [0.25, 0.3) is 0 Å². The first kappa shape index (κ1) is 15.2. The second-order valence-corrected chi connectivity index (χ2v) is 6.64. The number of phenols is 1. The highest BCUT2D eigenvalue weighted by Gasteiger charge is 2.26. The number of hydrogen-bond acceptors (Lipinski definition) is 3. The van der Waals surface area contributed by atoms with E-state index in [2.05, 4.69) is 22.9 Å². The van der Waals surface area contributed by atoms with Gasteiger partial charge in [-0.2, -0.15) is 0 Å². The predicted molar refractivity (Wildman–Crippen MR) is 81.7 cm³/mol. The Labute approximate surface area is 127 Å². The van der Waals surface area contributed by atoms with Crippen LogP contribution in [0.2, 0.25) is 0 Å². The molecule has 1 fully saturated rings. The van der Waals surface area contributed by atoms with Crippen LogP contribution in [0.4, 0.5) is 0 Å². The molecule has 110 valence electrons. The number of alkyl halides is 1. The van der Waals surface area contributed by atoms with E-state index in [0.717, 1.165) is 25.9 Å². The van der Waals surface area contributed by atoms with Gasteiger partial charge in [0.2, 0.25) is 0 Å². The third kappa shape index (κ3) is 3.26. The van der Waals surface area contributed by atoms with Crippen molar-refractivity contribution in [1.82, 2.24) is 4.90 Å². The molecule has 1 aliphatic rings. The highest BCUT2D eigenvalue weighted by molar-refractivity contribution is 9.09. The first-order valence-electron chi connectivity index (χ1n) is 6.83. The van der Waals surface area contributed by atoms with Gasteiger partial charge in [0.05, 0.1) is 7.11 Å². The lowest BCUT2D eigenvalue weighted by Gasteiger charge is -2.33. The van der Waals surface area contributed by atoms with Gasteiger partial charge in [0.15, 0.2) is 11.5 Å². The Hall–Kier alpha value is -1.23. The Morgan fingerprint density at radius 3 is 2.60 bits per heavy atom. The fraction of sp³-hybridized carbons (Fsp3) is 0.533. The second kappa shape index (κ2) is 6.48. The van der Waals surface area contributed by atoms with Crippen molar-refractivity contribution in [1.29, 1.82) is 0 Å². The molecule has 1 atom stereocenters. The Morgan fingerprint density at radius 1 is 1.45 bits per heavy atom. The normalized spacial score (nSPS) is 17.9. The van der Waals surface area contributed by atoms with E-state index < -0.39 is 0 Å². The van der Waals surface area contributed by atoms with E-state index in [1.807, 2.05) is 4.90 Å². The molecule has 0 aliphatic carbocycles. The monoisotopic (exact) mass is 341 g/mol. The van der Waals surface area contributed by atoms with Gasteiger partial charge in [-0.25, -0.2) is 0 Å². The number of methoxy groups -OCH3 is 1. The lowest BCUT2D eigenvalue weighted by molar-refractivity contribution is 0.0691. The van der Waals surface area contributed by atoms with Gasteiger partial charge in [-0.1, -0.05) is 22.9 Å². The quantitative estimate of drug-likeness (QED) is 0.859. The van der Waals surface area contributed by atoms with E-state index in [9.17, 15) is 9.90 Å². The number of piperidine rings is 1. The van der Waals surface area contributed by atoms with Gasteiger partial charge in [0, 0.05) is 23.5 Å². The van der Waals surface area contributed by atoms with Crippen LogP contribution >= 0.6 is 15.9 Å². The van der Waals surface area contributed by atoms with Gasteiger partial charge in [-0.05, 0) is 37.0 Å². The first-order chi connectivity index (χ1) is 9.52. The second-order valence-electron chi connectivity index (χ2n) is 5.19. The summed E-state index contributed by atoms with van der Waals surface area (Å²) >= 11 is 3.61. The largest absolute Gasteiger partial charge is 0.504 e. The first-order valence-corrected chi connectivity index (χ1v) is 7.75. The van der Waals surface area contributed by atoms with Gasteiger partial charge in [-0.3, -0.25) is 4.79 Å². The number of ether oxygens (including phenoxy) is 1. The molecule has 20 heavy (non-hydrogen) atoms. The number of likely N-dealkylation sites (tertiary alicyclic amines) is 1. The summed E-state index contributed by atoms with van der Waals surface area (Å²) in [5, 5.41) is 9.75. The number of hydrogen-bond donors (Lipinski definition) is 1. The molecule has 0 radical (unpaired) electrons. The number of carbonyl (C=O) groups excluding carboxylic acids is 1. The molecule has 1 unspecified atom stereocenters. The number of carbonyl (C=O) groups is 1. The molecule has 0 aromatic heterocycles. The lowest BCUT2D eigenvalue weighted by atomic mass is 9.94. The van der Waals surface area contributed by atoms with Crippen molar-refractivity contribution in [2.24, 2.45) is 5.92 Å². The number of phenolic OH excluding ortho intramolecular Hbond substituents is 1. The molecule has 2 rings (SSSR count). The van der Waals surface area contributed by atoms with Crippen molar-refractivity contribution in [2.75, 3.05) is 20.2 Å². The average Bonchev–Trinajstić information content (AvgIpc) is 2.46. The maximum absolute atomic E-state index is 12.4. The van der Waals surface area contributed by atoms with E-state index in [1.165, 1.54) is 13.2 Å².